The number of rotatable bonds is 9. The molecule has 25 heavy (non-hydrogen) atoms. The summed E-state index contributed by atoms with van der Waals surface area (Å²) in [6, 6.07) is 4.70. The highest BCUT2D eigenvalue weighted by atomic mass is 32.2. The van der Waals surface area contributed by atoms with Crippen LogP contribution in [0.25, 0.3) is 0 Å². The van der Waals surface area contributed by atoms with Gasteiger partial charge < -0.3 is 10.1 Å². The third-order valence-electron chi connectivity index (χ3n) is 4.21. The Hall–Kier alpha value is -1.51. The molecule has 1 unspecified atom stereocenters. The van der Waals surface area contributed by atoms with Crippen molar-refractivity contribution in [1.29, 1.82) is 0 Å². The lowest BCUT2D eigenvalue weighted by Crippen LogP contribution is -2.30. The van der Waals surface area contributed by atoms with E-state index in [0.717, 1.165) is 38.0 Å². The lowest BCUT2D eigenvalue weighted by atomic mass is 10.2. The van der Waals surface area contributed by atoms with Gasteiger partial charge in [-0.2, -0.15) is 0 Å². The molecule has 1 heterocycles. The molecule has 1 aromatic carbocycles. The van der Waals surface area contributed by atoms with Crippen LogP contribution in [0.15, 0.2) is 29.2 Å². The minimum Gasteiger partial charge on any atom is -0.378 e. The standard InChI is InChI=1S/C17H25FN2O4S/c1-20(25(22,23)16-8-6-14(18)7-9-16)12-2-5-17(21)19-11-10-15-4-3-13-24-15/h6-9,15H,2-5,10-13H2,1H3,(H,19,21). The number of nitrogens with one attached hydrogen (secondary N) is 1. The quantitative estimate of drug-likeness (QED) is 0.718. The van der Waals surface area contributed by atoms with Crippen LogP contribution in [-0.4, -0.2) is 51.5 Å². The largest absolute Gasteiger partial charge is 0.378 e. The molecule has 1 saturated heterocycles. The minimum atomic E-state index is -3.66. The molecule has 1 atom stereocenters. The number of carbonyl (C=O) groups is 1. The van der Waals surface area contributed by atoms with Crippen molar-refractivity contribution in [2.24, 2.45) is 0 Å². The van der Waals surface area contributed by atoms with Crippen molar-refractivity contribution in [1.82, 2.24) is 9.62 Å². The monoisotopic (exact) mass is 372 g/mol. The first-order chi connectivity index (χ1) is 11.9. The lowest BCUT2D eigenvalue weighted by Gasteiger charge is -2.17. The van der Waals surface area contributed by atoms with Crippen molar-refractivity contribution in [2.45, 2.75) is 43.1 Å². The summed E-state index contributed by atoms with van der Waals surface area (Å²) in [6.07, 6.45) is 3.85. The molecule has 1 N–H and O–H groups in total. The van der Waals surface area contributed by atoms with E-state index in [1.165, 1.54) is 23.5 Å². The summed E-state index contributed by atoms with van der Waals surface area (Å²) in [6.45, 7) is 1.60. The first-order valence-corrected chi connectivity index (χ1v) is 9.94. The normalized spacial score (nSPS) is 17.8. The highest BCUT2D eigenvalue weighted by molar-refractivity contribution is 7.89. The van der Waals surface area contributed by atoms with Gasteiger partial charge in [0.1, 0.15) is 5.82 Å². The maximum atomic E-state index is 12.9. The van der Waals surface area contributed by atoms with Gasteiger partial charge in [0.05, 0.1) is 11.0 Å². The Morgan fingerprint density at radius 2 is 2.08 bits per heavy atom. The van der Waals surface area contributed by atoms with E-state index in [4.69, 9.17) is 4.74 Å². The van der Waals surface area contributed by atoms with Gasteiger partial charge in [0.15, 0.2) is 0 Å². The van der Waals surface area contributed by atoms with Crippen molar-refractivity contribution in [3.05, 3.63) is 30.1 Å². The molecular weight excluding hydrogens is 347 g/mol. The number of sulfonamides is 1. The average Bonchev–Trinajstić information content (AvgIpc) is 3.08. The second-order valence-corrected chi connectivity index (χ2v) is 8.20. The molecule has 1 aliphatic rings. The van der Waals surface area contributed by atoms with Crippen LogP contribution in [0.5, 0.6) is 0 Å². The highest BCUT2D eigenvalue weighted by Crippen LogP contribution is 2.16. The second kappa shape index (κ2) is 9.26. The molecule has 1 aromatic rings. The van der Waals surface area contributed by atoms with Crippen molar-refractivity contribution in [3.8, 4) is 0 Å². The Morgan fingerprint density at radius 3 is 2.72 bits per heavy atom. The summed E-state index contributed by atoms with van der Waals surface area (Å²) < 4.78 is 44.2. The predicted molar refractivity (Wildman–Crippen MR) is 92.1 cm³/mol. The molecule has 0 spiro atoms. The highest BCUT2D eigenvalue weighted by Gasteiger charge is 2.20. The molecule has 140 valence electrons. The maximum absolute atomic E-state index is 12.9. The van der Waals surface area contributed by atoms with E-state index < -0.39 is 15.8 Å². The van der Waals surface area contributed by atoms with Crippen molar-refractivity contribution >= 4 is 15.9 Å². The fourth-order valence-corrected chi connectivity index (χ4v) is 3.91. The predicted octanol–water partition coefficient (Wildman–Crippen LogP) is 1.91. The smallest absolute Gasteiger partial charge is 0.242 e. The molecule has 0 aliphatic carbocycles. The van der Waals surface area contributed by atoms with Gasteiger partial charge in [-0.3, -0.25) is 4.79 Å². The van der Waals surface area contributed by atoms with Crippen LogP contribution in [0.1, 0.15) is 32.1 Å². The molecule has 0 aromatic heterocycles. The van der Waals surface area contributed by atoms with Crippen LogP contribution in [-0.2, 0) is 19.6 Å². The molecule has 0 saturated carbocycles. The number of halogens is 1. The Morgan fingerprint density at radius 1 is 1.36 bits per heavy atom. The number of nitrogens with zero attached hydrogens (tertiary/aromatic N) is 1. The third-order valence-corrected chi connectivity index (χ3v) is 6.08. The maximum Gasteiger partial charge on any atom is 0.242 e. The summed E-state index contributed by atoms with van der Waals surface area (Å²) in [7, 11) is -2.21. The van der Waals surface area contributed by atoms with Crippen molar-refractivity contribution < 1.29 is 22.3 Å². The van der Waals surface area contributed by atoms with Gasteiger partial charge in [0, 0.05) is 33.2 Å². The average molecular weight is 372 g/mol. The van der Waals surface area contributed by atoms with Crippen LogP contribution in [0.4, 0.5) is 4.39 Å². The second-order valence-electron chi connectivity index (χ2n) is 6.16. The topological polar surface area (TPSA) is 75.7 Å². The summed E-state index contributed by atoms with van der Waals surface area (Å²) in [5.41, 5.74) is 0. The first kappa shape index (κ1) is 19.8. The van der Waals surface area contributed by atoms with E-state index in [1.54, 1.807) is 0 Å². The van der Waals surface area contributed by atoms with E-state index >= 15 is 0 Å². The Kier molecular flexibility index (Phi) is 7.34. The van der Waals surface area contributed by atoms with Gasteiger partial charge >= 0.3 is 0 Å². The van der Waals surface area contributed by atoms with Crippen LogP contribution in [0.2, 0.25) is 0 Å². The van der Waals surface area contributed by atoms with Gasteiger partial charge in [-0.25, -0.2) is 17.1 Å². The van der Waals surface area contributed by atoms with Crippen LogP contribution in [0, 0.1) is 5.82 Å². The number of benzene rings is 1. The van der Waals surface area contributed by atoms with Gasteiger partial charge in [-0.1, -0.05) is 0 Å². The molecular formula is C17H25FN2O4S. The lowest BCUT2D eigenvalue weighted by molar-refractivity contribution is -0.121. The SMILES string of the molecule is CN(CCCC(=O)NCCC1CCCO1)S(=O)(=O)c1ccc(F)cc1. The first-order valence-electron chi connectivity index (χ1n) is 8.50. The van der Waals surface area contributed by atoms with Gasteiger partial charge in [-0.05, 0) is 49.9 Å². The van der Waals surface area contributed by atoms with E-state index in [0.29, 0.717) is 13.0 Å². The molecule has 6 nitrogen and oxygen atoms in total. The molecule has 1 amide bonds. The molecule has 0 bridgehead atoms. The summed E-state index contributed by atoms with van der Waals surface area (Å²) in [4.78, 5) is 11.8. The molecule has 1 aliphatic heterocycles. The van der Waals surface area contributed by atoms with Crippen molar-refractivity contribution in [3.63, 3.8) is 0 Å². The number of carbonyl (C=O) groups excluding carboxylic acids is 1. The molecule has 0 radical (unpaired) electrons. The van der Waals surface area contributed by atoms with Crippen LogP contribution >= 0.6 is 0 Å². The third kappa shape index (κ3) is 6.05. The van der Waals surface area contributed by atoms with E-state index in [9.17, 15) is 17.6 Å². The fourth-order valence-electron chi connectivity index (χ4n) is 2.70. The zero-order chi connectivity index (χ0) is 18.3. The molecule has 8 heteroatoms. The van der Waals surface area contributed by atoms with Gasteiger partial charge in [0.2, 0.25) is 15.9 Å². The summed E-state index contributed by atoms with van der Waals surface area (Å²) >= 11 is 0. The summed E-state index contributed by atoms with van der Waals surface area (Å²) in [5.74, 6) is -0.577. The molecule has 2 rings (SSSR count). The van der Waals surface area contributed by atoms with Gasteiger partial charge in [-0.15, -0.1) is 0 Å². The Labute approximate surface area is 148 Å². The zero-order valence-electron chi connectivity index (χ0n) is 14.4. The van der Waals surface area contributed by atoms with Crippen molar-refractivity contribution in [2.75, 3.05) is 26.7 Å². The van der Waals surface area contributed by atoms with Crippen LogP contribution < -0.4 is 5.32 Å². The van der Waals surface area contributed by atoms with E-state index in [2.05, 4.69) is 5.32 Å². The van der Waals surface area contributed by atoms with E-state index in [1.807, 2.05) is 0 Å². The number of ether oxygens (including phenoxy) is 1. The number of amides is 1. The Bertz CT molecular complexity index is 658. The Balaban J connectivity index is 1.69. The minimum absolute atomic E-state index is 0.0393. The van der Waals surface area contributed by atoms with Gasteiger partial charge in [0.25, 0.3) is 0 Å². The summed E-state index contributed by atoms with van der Waals surface area (Å²) in [5, 5.41) is 2.83. The van der Waals surface area contributed by atoms with E-state index in [-0.39, 0.29) is 29.9 Å². The molecule has 1 fully saturated rings. The van der Waals surface area contributed by atoms with Crippen LogP contribution in [0.3, 0.4) is 0 Å². The fraction of sp³-hybridized carbons (Fsp3) is 0.588. The number of hydrogen-bond acceptors (Lipinski definition) is 4. The zero-order valence-corrected chi connectivity index (χ0v) is 15.2. The number of hydrogen-bond donors (Lipinski definition) is 1.